The molecule has 0 unspecified atom stereocenters. The summed E-state index contributed by atoms with van der Waals surface area (Å²) in [6, 6.07) is 16.5. The summed E-state index contributed by atoms with van der Waals surface area (Å²) in [4.78, 5) is 23.0. The number of methoxy groups -OCH3 is 1. The van der Waals surface area contributed by atoms with Crippen LogP contribution in [0.25, 0.3) is 0 Å². The van der Waals surface area contributed by atoms with Crippen molar-refractivity contribution < 1.29 is 9.53 Å². The molecule has 0 spiro atoms. The van der Waals surface area contributed by atoms with Crippen LogP contribution >= 0.6 is 24.0 Å². The van der Waals surface area contributed by atoms with Crippen molar-refractivity contribution in [3.63, 3.8) is 0 Å². The molecule has 0 saturated carbocycles. The zero-order chi connectivity index (χ0) is 21.6. The molecule has 2 heterocycles. The normalized spacial score (nSPS) is 16.8. The molecular weight excluding hydrogens is 517 g/mol. The van der Waals surface area contributed by atoms with E-state index in [2.05, 4.69) is 44.4 Å². The van der Waals surface area contributed by atoms with Crippen molar-refractivity contribution in [2.45, 2.75) is 19.4 Å². The van der Waals surface area contributed by atoms with Gasteiger partial charge in [-0.1, -0.05) is 18.2 Å². The van der Waals surface area contributed by atoms with Crippen LogP contribution in [-0.2, 0) is 11.3 Å². The highest BCUT2D eigenvalue weighted by molar-refractivity contribution is 14.0. The fraction of sp³-hybridized carbons (Fsp3) is 0.417. The predicted octanol–water partition coefficient (Wildman–Crippen LogP) is 3.34. The fourth-order valence-electron chi connectivity index (χ4n) is 4.21. The first-order valence-corrected chi connectivity index (χ1v) is 10.9. The van der Waals surface area contributed by atoms with Crippen molar-refractivity contribution in [2.24, 2.45) is 4.99 Å². The van der Waals surface area contributed by atoms with Crippen molar-refractivity contribution in [3.05, 3.63) is 54.1 Å². The van der Waals surface area contributed by atoms with Crippen LogP contribution in [0, 0.1) is 0 Å². The second kappa shape index (κ2) is 11.4. The van der Waals surface area contributed by atoms with E-state index in [1.54, 1.807) is 7.11 Å². The number of amides is 1. The molecule has 0 aromatic heterocycles. The first kappa shape index (κ1) is 24.2. The zero-order valence-electron chi connectivity index (χ0n) is 18.8. The van der Waals surface area contributed by atoms with E-state index in [1.165, 1.54) is 11.3 Å². The third-order valence-electron chi connectivity index (χ3n) is 5.98. The van der Waals surface area contributed by atoms with Gasteiger partial charge in [0, 0.05) is 70.2 Å². The second-order valence-electron chi connectivity index (χ2n) is 7.89. The molecule has 172 valence electrons. The lowest BCUT2D eigenvalue weighted by Crippen LogP contribution is -2.52. The Kier molecular flexibility index (Phi) is 8.60. The maximum atomic E-state index is 11.9. The van der Waals surface area contributed by atoms with Gasteiger partial charge in [0.05, 0.1) is 7.11 Å². The van der Waals surface area contributed by atoms with E-state index >= 15 is 0 Å². The minimum atomic E-state index is 0. The van der Waals surface area contributed by atoms with Crippen LogP contribution in [0.5, 0.6) is 5.75 Å². The highest BCUT2D eigenvalue weighted by Gasteiger charge is 2.22. The molecule has 1 amide bonds. The Morgan fingerprint density at radius 2 is 1.78 bits per heavy atom. The number of guanidine groups is 1. The molecule has 7 nitrogen and oxygen atoms in total. The Morgan fingerprint density at radius 1 is 1.03 bits per heavy atom. The monoisotopic (exact) mass is 549 g/mol. The van der Waals surface area contributed by atoms with Gasteiger partial charge in [-0.3, -0.25) is 9.79 Å². The van der Waals surface area contributed by atoms with Gasteiger partial charge in [0.1, 0.15) is 5.75 Å². The summed E-state index contributed by atoms with van der Waals surface area (Å²) in [6.45, 7) is 5.22. The zero-order valence-corrected chi connectivity index (χ0v) is 21.1. The average molecular weight is 549 g/mol. The fourth-order valence-corrected chi connectivity index (χ4v) is 4.21. The number of rotatable bonds is 5. The van der Waals surface area contributed by atoms with E-state index in [0.717, 1.165) is 56.5 Å². The Balaban J connectivity index is 0.00000289. The summed E-state index contributed by atoms with van der Waals surface area (Å²) in [5.74, 6) is 2.03. The number of piperazine rings is 1. The molecule has 8 heteroatoms. The lowest BCUT2D eigenvalue weighted by Gasteiger charge is -2.37. The van der Waals surface area contributed by atoms with Gasteiger partial charge in [0.25, 0.3) is 0 Å². The van der Waals surface area contributed by atoms with Gasteiger partial charge in [-0.2, -0.15) is 0 Å². The number of carbonyl (C=O) groups excluding carboxylic acids is 1. The predicted molar refractivity (Wildman–Crippen MR) is 140 cm³/mol. The third kappa shape index (κ3) is 5.65. The number of benzene rings is 2. The number of nitrogens with one attached hydrogen (secondary N) is 1. The summed E-state index contributed by atoms with van der Waals surface area (Å²) < 4.78 is 5.35. The van der Waals surface area contributed by atoms with E-state index in [4.69, 9.17) is 4.74 Å². The van der Waals surface area contributed by atoms with Crippen LogP contribution in [-0.4, -0.2) is 63.6 Å². The molecule has 2 saturated heterocycles. The number of anilines is 2. The van der Waals surface area contributed by atoms with Crippen molar-refractivity contribution in [1.82, 2.24) is 10.2 Å². The van der Waals surface area contributed by atoms with Crippen LogP contribution in [0.15, 0.2) is 53.5 Å². The smallest absolute Gasteiger partial charge is 0.227 e. The van der Waals surface area contributed by atoms with Gasteiger partial charge in [-0.15, -0.1) is 24.0 Å². The molecule has 2 aliphatic heterocycles. The number of hydrogen-bond donors (Lipinski definition) is 1. The molecule has 2 aromatic carbocycles. The average Bonchev–Trinajstić information content (AvgIpc) is 3.26. The number of ether oxygens (including phenoxy) is 1. The van der Waals surface area contributed by atoms with Crippen LogP contribution < -0.4 is 19.9 Å². The Labute approximate surface area is 207 Å². The second-order valence-corrected chi connectivity index (χ2v) is 7.89. The standard InChI is InChI=1S/C24H31N5O2.HI/c1-25-24(26-18-19-8-10-20(11-9-19)29-12-4-7-23(29)30)28-15-13-27(14-16-28)21-5-3-6-22(17-21)31-2;/h3,5-6,8-11,17H,4,7,12-16,18H2,1-2H3,(H,25,26);1H. The van der Waals surface area contributed by atoms with Gasteiger partial charge in [0.2, 0.25) is 5.91 Å². The van der Waals surface area contributed by atoms with E-state index in [-0.39, 0.29) is 29.9 Å². The molecule has 2 aliphatic rings. The number of carbonyl (C=O) groups is 1. The van der Waals surface area contributed by atoms with Gasteiger partial charge in [0.15, 0.2) is 5.96 Å². The van der Waals surface area contributed by atoms with Gasteiger partial charge in [-0.05, 0) is 36.2 Å². The minimum Gasteiger partial charge on any atom is -0.497 e. The lowest BCUT2D eigenvalue weighted by molar-refractivity contribution is -0.117. The topological polar surface area (TPSA) is 60.4 Å². The lowest BCUT2D eigenvalue weighted by atomic mass is 10.2. The van der Waals surface area contributed by atoms with Gasteiger partial charge in [-0.25, -0.2) is 0 Å². The molecule has 0 radical (unpaired) electrons. The first-order chi connectivity index (χ1) is 15.2. The Morgan fingerprint density at radius 3 is 2.41 bits per heavy atom. The molecule has 2 fully saturated rings. The van der Waals surface area contributed by atoms with E-state index in [1.807, 2.05) is 36.2 Å². The van der Waals surface area contributed by atoms with Crippen LogP contribution in [0.2, 0.25) is 0 Å². The highest BCUT2D eigenvalue weighted by Crippen LogP contribution is 2.23. The van der Waals surface area contributed by atoms with Gasteiger partial charge >= 0.3 is 0 Å². The van der Waals surface area contributed by atoms with E-state index < -0.39 is 0 Å². The molecular formula is C24H32IN5O2. The van der Waals surface area contributed by atoms with Crippen LogP contribution in [0.3, 0.4) is 0 Å². The summed E-state index contributed by atoms with van der Waals surface area (Å²) in [7, 11) is 3.53. The molecule has 4 rings (SSSR count). The summed E-state index contributed by atoms with van der Waals surface area (Å²) in [6.07, 6.45) is 1.61. The highest BCUT2D eigenvalue weighted by atomic mass is 127. The number of halogens is 1. The number of nitrogens with zero attached hydrogens (tertiary/aromatic N) is 4. The first-order valence-electron chi connectivity index (χ1n) is 10.9. The van der Waals surface area contributed by atoms with E-state index in [0.29, 0.717) is 13.0 Å². The molecule has 2 aromatic rings. The van der Waals surface area contributed by atoms with E-state index in [9.17, 15) is 4.79 Å². The summed E-state index contributed by atoms with van der Waals surface area (Å²) >= 11 is 0. The molecule has 0 aliphatic carbocycles. The van der Waals surface area contributed by atoms with Crippen molar-refractivity contribution in [1.29, 1.82) is 0 Å². The molecule has 1 N–H and O–H groups in total. The quantitative estimate of drug-likeness (QED) is 0.353. The molecule has 0 bridgehead atoms. The largest absolute Gasteiger partial charge is 0.497 e. The molecule has 0 atom stereocenters. The van der Waals surface area contributed by atoms with Crippen LogP contribution in [0.1, 0.15) is 18.4 Å². The number of hydrogen-bond acceptors (Lipinski definition) is 4. The van der Waals surface area contributed by atoms with Gasteiger partial charge < -0.3 is 24.8 Å². The van der Waals surface area contributed by atoms with Crippen molar-refractivity contribution in [2.75, 3.05) is 56.7 Å². The Bertz CT molecular complexity index is 926. The number of aliphatic imine (C=N–C) groups is 1. The summed E-state index contributed by atoms with van der Waals surface area (Å²) in [5.41, 5.74) is 3.36. The minimum absolute atomic E-state index is 0. The third-order valence-corrected chi connectivity index (χ3v) is 5.98. The summed E-state index contributed by atoms with van der Waals surface area (Å²) in [5, 5.41) is 3.48. The van der Waals surface area contributed by atoms with Crippen LogP contribution in [0.4, 0.5) is 11.4 Å². The maximum absolute atomic E-state index is 11.9. The van der Waals surface area contributed by atoms with Crippen molar-refractivity contribution in [3.8, 4) is 5.75 Å². The maximum Gasteiger partial charge on any atom is 0.227 e. The van der Waals surface area contributed by atoms with Crippen molar-refractivity contribution >= 4 is 47.2 Å². The molecule has 32 heavy (non-hydrogen) atoms. The Hall–Kier alpha value is -2.49. The SMILES string of the molecule is CN=C(NCc1ccc(N2CCCC2=O)cc1)N1CCN(c2cccc(OC)c2)CC1.I.